The summed E-state index contributed by atoms with van der Waals surface area (Å²) in [4.78, 5) is 11.7. The number of hydrogen-bond acceptors (Lipinski definition) is 6. The average molecular weight is 404 g/mol. The second kappa shape index (κ2) is 7.33. The molecule has 0 bridgehead atoms. The van der Waals surface area contributed by atoms with Crippen LogP contribution in [-0.4, -0.2) is 31.1 Å². The van der Waals surface area contributed by atoms with E-state index in [1.165, 1.54) is 6.92 Å². The Morgan fingerprint density at radius 1 is 1.23 bits per heavy atom. The summed E-state index contributed by atoms with van der Waals surface area (Å²) in [5.74, 6) is -3.91. The largest absolute Gasteiger partial charge is 0.296 e. The van der Waals surface area contributed by atoms with E-state index in [0.717, 1.165) is 17.4 Å². The Balaban J connectivity index is 2.37. The van der Waals surface area contributed by atoms with Crippen molar-refractivity contribution in [3.05, 3.63) is 34.3 Å². The first kappa shape index (κ1) is 20.3. The summed E-state index contributed by atoms with van der Waals surface area (Å²) in [6.45, 7) is 7.31. The lowest BCUT2D eigenvalue weighted by Gasteiger charge is -2.12. The van der Waals surface area contributed by atoms with Gasteiger partial charge >= 0.3 is 0 Å². The Morgan fingerprint density at radius 2 is 1.88 bits per heavy atom. The number of rotatable bonds is 5. The molecule has 0 aliphatic rings. The molecule has 0 atom stereocenters. The van der Waals surface area contributed by atoms with Crippen molar-refractivity contribution in [3.8, 4) is 0 Å². The smallest absolute Gasteiger partial charge is 0.260 e. The van der Waals surface area contributed by atoms with Gasteiger partial charge in [-0.25, -0.2) is 21.9 Å². The topological polar surface area (TPSA) is 101 Å². The number of anilines is 1. The monoisotopic (exact) mass is 404 g/mol. The molecule has 11 heteroatoms. The molecule has 1 aromatic carbocycles. The van der Waals surface area contributed by atoms with Gasteiger partial charge < -0.3 is 0 Å². The molecule has 2 rings (SSSR count). The zero-order valence-electron chi connectivity index (χ0n) is 14.6. The molecular weight excluding hydrogens is 386 g/mol. The van der Waals surface area contributed by atoms with Crippen molar-refractivity contribution in [1.29, 1.82) is 0 Å². The molecule has 26 heavy (non-hydrogen) atoms. The molecule has 0 aliphatic heterocycles. The van der Waals surface area contributed by atoms with Crippen LogP contribution in [0.1, 0.15) is 43.1 Å². The summed E-state index contributed by atoms with van der Waals surface area (Å²) in [5.41, 5.74) is -1.04. The third kappa shape index (κ3) is 4.40. The van der Waals surface area contributed by atoms with E-state index in [9.17, 15) is 22.0 Å². The Morgan fingerprint density at radius 3 is 2.42 bits per heavy atom. The standard InChI is InChI=1S/C15H18F2N4O3S2/c1-5-18-26(23,24)8-6-9(11(17)10(16)7-8)12(22)19-14-21-20-13(25-14)15(2,3)4/h6-7,18H,5H2,1-4H3,(H,19,21,22). The molecule has 0 unspecified atom stereocenters. The van der Waals surface area contributed by atoms with Gasteiger partial charge in [-0.1, -0.05) is 39.0 Å². The Hall–Kier alpha value is -1.98. The van der Waals surface area contributed by atoms with Crippen molar-refractivity contribution in [3.63, 3.8) is 0 Å². The predicted molar refractivity (Wildman–Crippen MR) is 93.8 cm³/mol. The first-order valence-corrected chi connectivity index (χ1v) is 9.89. The molecular formula is C15H18F2N4O3S2. The fraction of sp³-hybridized carbons (Fsp3) is 0.400. The first-order valence-electron chi connectivity index (χ1n) is 7.59. The van der Waals surface area contributed by atoms with Gasteiger partial charge in [0.25, 0.3) is 5.91 Å². The van der Waals surface area contributed by atoms with E-state index in [0.29, 0.717) is 11.1 Å². The van der Waals surface area contributed by atoms with Gasteiger partial charge in [-0.15, -0.1) is 10.2 Å². The predicted octanol–water partition coefficient (Wildman–Crippen LogP) is 2.66. The maximum Gasteiger partial charge on any atom is 0.260 e. The van der Waals surface area contributed by atoms with Gasteiger partial charge in [0.2, 0.25) is 15.2 Å². The van der Waals surface area contributed by atoms with Crippen LogP contribution in [0.5, 0.6) is 0 Å². The maximum absolute atomic E-state index is 14.0. The summed E-state index contributed by atoms with van der Waals surface area (Å²) in [5, 5.41) is 10.8. The zero-order valence-corrected chi connectivity index (χ0v) is 16.2. The molecule has 0 spiro atoms. The van der Waals surface area contributed by atoms with Crippen molar-refractivity contribution in [2.24, 2.45) is 0 Å². The Labute approximate surface area is 153 Å². The van der Waals surface area contributed by atoms with E-state index in [-0.39, 0.29) is 17.1 Å². The lowest BCUT2D eigenvalue weighted by atomic mass is 9.98. The Bertz CT molecular complexity index is 937. The summed E-state index contributed by atoms with van der Waals surface area (Å²) < 4.78 is 53.9. The number of carbonyl (C=O) groups is 1. The molecule has 0 saturated carbocycles. The quantitative estimate of drug-likeness (QED) is 0.798. The second-order valence-electron chi connectivity index (χ2n) is 6.38. The highest BCUT2D eigenvalue weighted by Crippen LogP contribution is 2.28. The maximum atomic E-state index is 14.0. The highest BCUT2D eigenvalue weighted by Gasteiger charge is 2.24. The number of nitrogens with zero attached hydrogens (tertiary/aromatic N) is 2. The van der Waals surface area contributed by atoms with Gasteiger partial charge in [0, 0.05) is 12.0 Å². The van der Waals surface area contributed by atoms with Gasteiger partial charge in [-0.05, 0) is 12.1 Å². The van der Waals surface area contributed by atoms with Gasteiger partial charge in [-0.3, -0.25) is 10.1 Å². The summed E-state index contributed by atoms with van der Waals surface area (Å²) in [6, 6.07) is 1.30. The minimum absolute atomic E-state index is 0.0588. The first-order chi connectivity index (χ1) is 12.0. The van der Waals surface area contributed by atoms with Crippen molar-refractivity contribution in [2.45, 2.75) is 38.0 Å². The molecule has 0 fully saturated rings. The van der Waals surface area contributed by atoms with E-state index in [1.807, 2.05) is 20.8 Å². The normalized spacial score (nSPS) is 12.2. The molecule has 0 saturated heterocycles. The van der Waals surface area contributed by atoms with E-state index in [1.54, 1.807) is 0 Å². The number of amides is 1. The van der Waals surface area contributed by atoms with E-state index in [2.05, 4.69) is 20.2 Å². The number of nitrogens with one attached hydrogen (secondary N) is 2. The number of hydrogen-bond donors (Lipinski definition) is 2. The van der Waals surface area contributed by atoms with Crippen molar-refractivity contribution in [2.75, 3.05) is 11.9 Å². The Kier molecular flexibility index (Phi) is 5.73. The highest BCUT2D eigenvalue weighted by atomic mass is 32.2. The number of sulfonamides is 1. The average Bonchev–Trinajstić information content (AvgIpc) is 2.98. The minimum Gasteiger partial charge on any atom is -0.296 e. The SMILES string of the molecule is CCNS(=O)(=O)c1cc(F)c(F)c(C(=O)Nc2nnc(C(C)(C)C)s2)c1. The summed E-state index contributed by atoms with van der Waals surface area (Å²) in [6.07, 6.45) is 0. The third-order valence-corrected chi connectivity index (χ3v) is 5.97. The fourth-order valence-corrected chi connectivity index (χ4v) is 3.77. The van der Waals surface area contributed by atoms with Crippen molar-refractivity contribution in [1.82, 2.24) is 14.9 Å². The molecule has 1 amide bonds. The number of carbonyl (C=O) groups excluding carboxylic acids is 1. The molecule has 2 aromatic rings. The second-order valence-corrected chi connectivity index (χ2v) is 9.13. The fourth-order valence-electron chi connectivity index (χ4n) is 1.90. The molecule has 142 valence electrons. The van der Waals surface area contributed by atoms with E-state index in [4.69, 9.17) is 0 Å². The van der Waals surface area contributed by atoms with Crippen LogP contribution >= 0.6 is 11.3 Å². The van der Waals surface area contributed by atoms with Crippen LogP contribution in [0.25, 0.3) is 0 Å². The molecule has 1 aromatic heterocycles. The van der Waals surface area contributed by atoms with Crippen LogP contribution < -0.4 is 10.0 Å². The van der Waals surface area contributed by atoms with Crippen molar-refractivity contribution < 1.29 is 22.0 Å². The van der Waals surface area contributed by atoms with E-state index < -0.39 is 38.0 Å². The number of halogens is 2. The lowest BCUT2D eigenvalue weighted by molar-refractivity contribution is 0.102. The lowest BCUT2D eigenvalue weighted by Crippen LogP contribution is -2.24. The van der Waals surface area contributed by atoms with Crippen LogP contribution in [-0.2, 0) is 15.4 Å². The van der Waals surface area contributed by atoms with E-state index >= 15 is 0 Å². The van der Waals surface area contributed by atoms with Crippen LogP contribution in [0.3, 0.4) is 0 Å². The van der Waals surface area contributed by atoms with Gasteiger partial charge in [-0.2, -0.15) is 0 Å². The van der Waals surface area contributed by atoms with Crippen LogP contribution in [0, 0.1) is 11.6 Å². The van der Waals surface area contributed by atoms with Crippen LogP contribution in [0.4, 0.5) is 13.9 Å². The number of aromatic nitrogens is 2. The molecule has 0 radical (unpaired) electrons. The number of benzene rings is 1. The van der Waals surface area contributed by atoms with Crippen LogP contribution in [0.2, 0.25) is 0 Å². The highest BCUT2D eigenvalue weighted by molar-refractivity contribution is 7.89. The van der Waals surface area contributed by atoms with Crippen molar-refractivity contribution >= 4 is 32.4 Å². The molecule has 0 aliphatic carbocycles. The summed E-state index contributed by atoms with van der Waals surface area (Å²) in [7, 11) is -4.06. The summed E-state index contributed by atoms with van der Waals surface area (Å²) >= 11 is 1.09. The van der Waals surface area contributed by atoms with Crippen LogP contribution in [0.15, 0.2) is 17.0 Å². The molecule has 7 nitrogen and oxygen atoms in total. The molecule has 1 heterocycles. The minimum atomic E-state index is -4.06. The molecule has 2 N–H and O–H groups in total. The van der Waals surface area contributed by atoms with Gasteiger partial charge in [0.15, 0.2) is 11.6 Å². The van der Waals surface area contributed by atoms with Gasteiger partial charge in [0.05, 0.1) is 10.5 Å². The van der Waals surface area contributed by atoms with Gasteiger partial charge in [0.1, 0.15) is 5.01 Å². The third-order valence-electron chi connectivity index (χ3n) is 3.18. The zero-order chi connectivity index (χ0) is 19.7.